The summed E-state index contributed by atoms with van der Waals surface area (Å²) < 4.78 is 12.7. The van der Waals surface area contributed by atoms with E-state index in [1.54, 1.807) is 23.9 Å². The molecule has 0 spiro atoms. The Morgan fingerprint density at radius 3 is 2.45 bits per heavy atom. The van der Waals surface area contributed by atoms with Gasteiger partial charge in [-0.05, 0) is 29.8 Å². The second-order valence-electron chi connectivity index (χ2n) is 4.31. The molecule has 20 heavy (non-hydrogen) atoms. The van der Waals surface area contributed by atoms with Gasteiger partial charge in [0.05, 0.1) is 0 Å². The number of nitrogens with one attached hydrogen (secondary N) is 1. The van der Waals surface area contributed by atoms with Crippen molar-refractivity contribution < 1.29 is 9.18 Å². The average Bonchev–Trinajstić information content (AvgIpc) is 2.48. The molecule has 0 bridgehead atoms. The van der Waals surface area contributed by atoms with Gasteiger partial charge in [0.15, 0.2) is 0 Å². The van der Waals surface area contributed by atoms with Crippen molar-refractivity contribution in [3.8, 4) is 0 Å². The fourth-order valence-corrected chi connectivity index (χ4v) is 2.53. The molecular formula is C16H16FNOS. The normalized spacial score (nSPS) is 10.2. The monoisotopic (exact) mass is 289 g/mol. The molecule has 2 aromatic carbocycles. The van der Waals surface area contributed by atoms with Gasteiger partial charge in [-0.3, -0.25) is 4.79 Å². The highest BCUT2D eigenvalue weighted by Crippen LogP contribution is 2.18. The summed E-state index contributed by atoms with van der Waals surface area (Å²) in [5.74, 6) is 0.477. The molecule has 2 rings (SSSR count). The van der Waals surface area contributed by atoms with Gasteiger partial charge in [0, 0.05) is 23.6 Å². The van der Waals surface area contributed by atoms with Crippen LogP contribution >= 0.6 is 11.8 Å². The summed E-state index contributed by atoms with van der Waals surface area (Å²) in [6.45, 7) is 0.556. The predicted molar refractivity (Wildman–Crippen MR) is 80.0 cm³/mol. The molecule has 0 aliphatic heterocycles. The van der Waals surface area contributed by atoms with Crippen molar-refractivity contribution in [1.29, 1.82) is 0 Å². The topological polar surface area (TPSA) is 29.1 Å². The van der Waals surface area contributed by atoms with Crippen LogP contribution in [0.1, 0.15) is 12.0 Å². The van der Waals surface area contributed by atoms with E-state index in [1.807, 2.05) is 30.3 Å². The van der Waals surface area contributed by atoms with Crippen molar-refractivity contribution in [1.82, 2.24) is 5.32 Å². The highest BCUT2D eigenvalue weighted by Gasteiger charge is 2.02. The van der Waals surface area contributed by atoms with Crippen LogP contribution in [0.15, 0.2) is 59.5 Å². The maximum atomic E-state index is 12.7. The number of rotatable bonds is 6. The van der Waals surface area contributed by atoms with Crippen LogP contribution in [-0.4, -0.2) is 11.7 Å². The van der Waals surface area contributed by atoms with Crippen LogP contribution in [0.25, 0.3) is 0 Å². The summed E-state index contributed by atoms with van der Waals surface area (Å²) >= 11 is 1.55. The van der Waals surface area contributed by atoms with Gasteiger partial charge in [-0.1, -0.05) is 30.3 Å². The minimum absolute atomic E-state index is 0.0310. The van der Waals surface area contributed by atoms with Gasteiger partial charge in [0.25, 0.3) is 0 Å². The van der Waals surface area contributed by atoms with E-state index >= 15 is 0 Å². The van der Waals surface area contributed by atoms with Crippen LogP contribution in [0.5, 0.6) is 0 Å². The molecule has 2 aromatic rings. The standard InChI is InChI=1S/C16H16FNOS/c17-14-6-8-15(9-7-14)20-11-10-16(19)18-12-13-4-2-1-3-5-13/h1-9H,10-12H2,(H,18,19). The van der Waals surface area contributed by atoms with Gasteiger partial charge in [-0.15, -0.1) is 11.8 Å². The number of amides is 1. The number of carbonyl (C=O) groups excluding carboxylic acids is 1. The van der Waals surface area contributed by atoms with Crippen molar-refractivity contribution in [2.75, 3.05) is 5.75 Å². The lowest BCUT2D eigenvalue weighted by molar-refractivity contribution is -0.120. The zero-order chi connectivity index (χ0) is 14.2. The van der Waals surface area contributed by atoms with Gasteiger partial charge in [-0.25, -0.2) is 4.39 Å². The summed E-state index contributed by atoms with van der Waals surface area (Å²) in [6, 6.07) is 16.1. The lowest BCUT2D eigenvalue weighted by atomic mass is 10.2. The van der Waals surface area contributed by atoms with E-state index < -0.39 is 0 Å². The molecule has 1 N–H and O–H groups in total. The van der Waals surface area contributed by atoms with E-state index in [-0.39, 0.29) is 11.7 Å². The van der Waals surface area contributed by atoms with Crippen LogP contribution in [0.2, 0.25) is 0 Å². The number of carbonyl (C=O) groups is 1. The molecule has 104 valence electrons. The SMILES string of the molecule is O=C(CCSc1ccc(F)cc1)NCc1ccccc1. The second-order valence-corrected chi connectivity index (χ2v) is 5.48. The van der Waals surface area contributed by atoms with E-state index in [1.165, 1.54) is 12.1 Å². The molecule has 0 fully saturated rings. The Balaban J connectivity index is 1.66. The Morgan fingerprint density at radius 2 is 1.75 bits per heavy atom. The van der Waals surface area contributed by atoms with Crippen LogP contribution < -0.4 is 5.32 Å². The highest BCUT2D eigenvalue weighted by molar-refractivity contribution is 7.99. The predicted octanol–water partition coefficient (Wildman–Crippen LogP) is 3.62. The number of hydrogen-bond acceptors (Lipinski definition) is 2. The van der Waals surface area contributed by atoms with Gasteiger partial charge in [-0.2, -0.15) is 0 Å². The van der Waals surface area contributed by atoms with Crippen LogP contribution in [0.4, 0.5) is 4.39 Å². The maximum Gasteiger partial charge on any atom is 0.221 e. The third-order valence-corrected chi connectivity index (χ3v) is 3.76. The molecule has 0 atom stereocenters. The molecule has 0 radical (unpaired) electrons. The van der Waals surface area contributed by atoms with Gasteiger partial charge in [0.1, 0.15) is 5.82 Å². The Hall–Kier alpha value is -1.81. The Morgan fingerprint density at radius 1 is 1.05 bits per heavy atom. The molecule has 0 saturated carbocycles. The summed E-state index contributed by atoms with van der Waals surface area (Å²) in [4.78, 5) is 12.7. The first-order valence-corrected chi connectivity index (χ1v) is 7.41. The Bertz CT molecular complexity index is 542. The lowest BCUT2D eigenvalue weighted by Crippen LogP contribution is -2.22. The average molecular weight is 289 g/mol. The first-order chi connectivity index (χ1) is 9.74. The van der Waals surface area contributed by atoms with Gasteiger partial charge in [0.2, 0.25) is 5.91 Å². The number of benzene rings is 2. The molecule has 0 unspecified atom stereocenters. The van der Waals surface area contributed by atoms with Crippen molar-refractivity contribution in [3.63, 3.8) is 0 Å². The molecule has 0 saturated heterocycles. The van der Waals surface area contributed by atoms with Crippen molar-refractivity contribution in [2.45, 2.75) is 17.9 Å². The third kappa shape index (κ3) is 5.05. The van der Waals surface area contributed by atoms with E-state index in [0.29, 0.717) is 18.7 Å². The molecule has 0 aromatic heterocycles. The fourth-order valence-electron chi connectivity index (χ4n) is 1.68. The van der Waals surface area contributed by atoms with Crippen molar-refractivity contribution in [2.24, 2.45) is 0 Å². The lowest BCUT2D eigenvalue weighted by Gasteiger charge is -2.05. The quantitative estimate of drug-likeness (QED) is 0.823. The van der Waals surface area contributed by atoms with E-state index in [2.05, 4.69) is 5.32 Å². The number of thioether (sulfide) groups is 1. The first kappa shape index (κ1) is 14.6. The van der Waals surface area contributed by atoms with Gasteiger partial charge < -0.3 is 5.32 Å². The Labute approximate surface area is 122 Å². The molecule has 0 aliphatic carbocycles. The van der Waals surface area contributed by atoms with E-state index in [4.69, 9.17) is 0 Å². The molecule has 4 heteroatoms. The van der Waals surface area contributed by atoms with Gasteiger partial charge >= 0.3 is 0 Å². The van der Waals surface area contributed by atoms with Crippen LogP contribution in [0, 0.1) is 5.82 Å². The largest absolute Gasteiger partial charge is 0.352 e. The number of hydrogen-bond donors (Lipinski definition) is 1. The smallest absolute Gasteiger partial charge is 0.221 e. The molecule has 0 heterocycles. The van der Waals surface area contributed by atoms with Crippen molar-refractivity contribution in [3.05, 3.63) is 66.0 Å². The molecule has 1 amide bonds. The number of halogens is 1. The molecule has 0 aliphatic rings. The third-order valence-electron chi connectivity index (χ3n) is 2.74. The van der Waals surface area contributed by atoms with Crippen molar-refractivity contribution >= 4 is 17.7 Å². The summed E-state index contributed by atoms with van der Waals surface area (Å²) in [6.07, 6.45) is 0.453. The van der Waals surface area contributed by atoms with Crippen LogP contribution in [0.3, 0.4) is 0 Å². The highest BCUT2D eigenvalue weighted by atomic mass is 32.2. The van der Waals surface area contributed by atoms with E-state index in [0.717, 1.165) is 10.5 Å². The zero-order valence-corrected chi connectivity index (χ0v) is 11.8. The fraction of sp³-hybridized carbons (Fsp3) is 0.188. The minimum atomic E-state index is -0.241. The summed E-state index contributed by atoms with van der Waals surface area (Å²) in [5.41, 5.74) is 1.09. The zero-order valence-electron chi connectivity index (χ0n) is 11.0. The summed E-state index contributed by atoms with van der Waals surface area (Å²) in [7, 11) is 0. The Kier molecular flexibility index (Phi) is 5.62. The minimum Gasteiger partial charge on any atom is -0.352 e. The second kappa shape index (κ2) is 7.70. The summed E-state index contributed by atoms with van der Waals surface area (Å²) in [5, 5.41) is 2.88. The maximum absolute atomic E-state index is 12.7. The molecule has 2 nitrogen and oxygen atoms in total. The van der Waals surface area contributed by atoms with Crippen LogP contribution in [-0.2, 0) is 11.3 Å². The van der Waals surface area contributed by atoms with E-state index in [9.17, 15) is 9.18 Å². The molecular weight excluding hydrogens is 273 g/mol. The first-order valence-electron chi connectivity index (χ1n) is 6.43.